The number of rotatable bonds is 5. The summed E-state index contributed by atoms with van der Waals surface area (Å²) in [6, 6.07) is 11.4. The van der Waals surface area contributed by atoms with E-state index in [1.54, 1.807) is 0 Å². The van der Waals surface area contributed by atoms with E-state index in [0.29, 0.717) is 36.1 Å². The van der Waals surface area contributed by atoms with Gasteiger partial charge < -0.3 is 20.9 Å². The van der Waals surface area contributed by atoms with Crippen LogP contribution in [0, 0.1) is 13.8 Å². The zero-order chi connectivity index (χ0) is 14.5. The molecule has 4 heteroatoms. The van der Waals surface area contributed by atoms with E-state index >= 15 is 0 Å². The van der Waals surface area contributed by atoms with Gasteiger partial charge in [-0.3, -0.25) is 0 Å². The van der Waals surface area contributed by atoms with Crippen molar-refractivity contribution in [1.29, 1.82) is 0 Å². The van der Waals surface area contributed by atoms with Gasteiger partial charge in [-0.15, -0.1) is 0 Å². The van der Waals surface area contributed by atoms with Crippen molar-refractivity contribution in [3.63, 3.8) is 0 Å². The summed E-state index contributed by atoms with van der Waals surface area (Å²) in [4.78, 5) is 0. The molecule has 0 atom stereocenters. The first-order chi connectivity index (χ1) is 9.56. The van der Waals surface area contributed by atoms with E-state index in [2.05, 4.69) is 0 Å². The number of nitrogens with two attached hydrogens (primary N) is 2. The zero-order valence-electron chi connectivity index (χ0n) is 11.8. The molecule has 2 aromatic rings. The molecule has 0 unspecified atom stereocenters. The summed E-state index contributed by atoms with van der Waals surface area (Å²) in [5.41, 5.74) is 15.2. The number of aryl methyl sites for hydroxylation is 2. The summed E-state index contributed by atoms with van der Waals surface area (Å²) in [6.45, 7) is 4.83. The van der Waals surface area contributed by atoms with Crippen molar-refractivity contribution in [3.05, 3.63) is 47.5 Å². The molecule has 106 valence electrons. The van der Waals surface area contributed by atoms with Gasteiger partial charge in [-0.1, -0.05) is 12.1 Å². The molecule has 0 aliphatic heterocycles. The first-order valence-electron chi connectivity index (χ1n) is 6.54. The van der Waals surface area contributed by atoms with Gasteiger partial charge in [0.1, 0.15) is 24.7 Å². The lowest BCUT2D eigenvalue weighted by atomic mass is 10.2. The van der Waals surface area contributed by atoms with Crippen LogP contribution in [0.1, 0.15) is 11.1 Å². The van der Waals surface area contributed by atoms with E-state index in [1.165, 1.54) is 0 Å². The number of anilines is 2. The summed E-state index contributed by atoms with van der Waals surface area (Å²) in [5.74, 6) is 1.37. The highest BCUT2D eigenvalue weighted by atomic mass is 16.5. The number of ether oxygens (including phenoxy) is 2. The van der Waals surface area contributed by atoms with Gasteiger partial charge in [-0.2, -0.15) is 0 Å². The second kappa shape index (κ2) is 6.19. The van der Waals surface area contributed by atoms with Crippen LogP contribution in [0.2, 0.25) is 0 Å². The van der Waals surface area contributed by atoms with Crippen molar-refractivity contribution < 1.29 is 9.47 Å². The largest absolute Gasteiger partial charge is 0.488 e. The van der Waals surface area contributed by atoms with Crippen LogP contribution in [0.4, 0.5) is 11.4 Å². The Hall–Kier alpha value is -2.36. The molecular weight excluding hydrogens is 252 g/mol. The third-order valence-corrected chi connectivity index (χ3v) is 2.94. The second-order valence-electron chi connectivity index (χ2n) is 4.78. The highest BCUT2D eigenvalue weighted by Crippen LogP contribution is 2.24. The van der Waals surface area contributed by atoms with E-state index in [9.17, 15) is 0 Å². The lowest BCUT2D eigenvalue weighted by Gasteiger charge is -2.12. The Balaban J connectivity index is 1.87. The molecule has 4 N–H and O–H groups in total. The second-order valence-corrected chi connectivity index (χ2v) is 4.78. The first-order valence-corrected chi connectivity index (χ1v) is 6.54. The fourth-order valence-corrected chi connectivity index (χ4v) is 1.84. The van der Waals surface area contributed by atoms with E-state index in [-0.39, 0.29) is 0 Å². The normalized spacial score (nSPS) is 10.3. The van der Waals surface area contributed by atoms with Crippen LogP contribution in [0.25, 0.3) is 0 Å². The zero-order valence-corrected chi connectivity index (χ0v) is 11.8. The van der Waals surface area contributed by atoms with Gasteiger partial charge in [0.15, 0.2) is 0 Å². The van der Waals surface area contributed by atoms with Gasteiger partial charge in [0.05, 0.1) is 11.4 Å². The molecule has 2 aromatic carbocycles. The maximum absolute atomic E-state index is 5.84. The summed E-state index contributed by atoms with van der Waals surface area (Å²) >= 11 is 0. The van der Waals surface area contributed by atoms with Gasteiger partial charge in [-0.05, 0) is 49.2 Å². The quantitative estimate of drug-likeness (QED) is 0.648. The minimum Gasteiger partial charge on any atom is -0.488 e. The van der Waals surface area contributed by atoms with Crippen molar-refractivity contribution in [2.45, 2.75) is 13.8 Å². The first kappa shape index (κ1) is 14.1. The number of benzene rings is 2. The van der Waals surface area contributed by atoms with Gasteiger partial charge in [0, 0.05) is 0 Å². The smallest absolute Gasteiger partial charge is 0.142 e. The molecule has 0 radical (unpaired) electrons. The van der Waals surface area contributed by atoms with E-state index in [1.807, 2.05) is 50.2 Å². The van der Waals surface area contributed by atoms with Crippen LogP contribution in [-0.4, -0.2) is 13.2 Å². The molecule has 0 saturated carbocycles. The third-order valence-electron chi connectivity index (χ3n) is 2.94. The minimum absolute atomic E-state index is 0.418. The standard InChI is InChI=1S/C16H20N2O2/c1-11-3-5-13(17)15(9-11)19-7-8-20-16-10-12(2)4-6-14(16)18/h3-6,9-10H,7-8,17-18H2,1-2H3. The average molecular weight is 272 g/mol. The third kappa shape index (κ3) is 3.57. The van der Waals surface area contributed by atoms with Crippen molar-refractivity contribution in [2.75, 3.05) is 24.7 Å². The van der Waals surface area contributed by atoms with Crippen LogP contribution in [0.3, 0.4) is 0 Å². The van der Waals surface area contributed by atoms with Crippen molar-refractivity contribution in [2.24, 2.45) is 0 Å². The monoisotopic (exact) mass is 272 g/mol. The van der Waals surface area contributed by atoms with Crippen molar-refractivity contribution >= 4 is 11.4 Å². The molecule has 0 saturated heterocycles. The van der Waals surface area contributed by atoms with Crippen LogP contribution >= 0.6 is 0 Å². The number of hydrogen-bond donors (Lipinski definition) is 2. The van der Waals surface area contributed by atoms with E-state index in [0.717, 1.165) is 11.1 Å². The maximum atomic E-state index is 5.84. The lowest BCUT2D eigenvalue weighted by molar-refractivity contribution is 0.218. The molecule has 0 aliphatic carbocycles. The van der Waals surface area contributed by atoms with Gasteiger partial charge in [0.25, 0.3) is 0 Å². The van der Waals surface area contributed by atoms with Crippen LogP contribution in [0.5, 0.6) is 11.5 Å². The number of hydrogen-bond acceptors (Lipinski definition) is 4. The fraction of sp³-hybridized carbons (Fsp3) is 0.250. The SMILES string of the molecule is Cc1ccc(N)c(OCCOc2cc(C)ccc2N)c1. The van der Waals surface area contributed by atoms with Gasteiger partial charge in [-0.25, -0.2) is 0 Å². The van der Waals surface area contributed by atoms with Gasteiger partial charge >= 0.3 is 0 Å². The molecule has 0 bridgehead atoms. The molecule has 4 nitrogen and oxygen atoms in total. The summed E-state index contributed by atoms with van der Waals surface area (Å²) < 4.78 is 11.2. The number of nitrogen functional groups attached to an aromatic ring is 2. The highest BCUT2D eigenvalue weighted by Gasteiger charge is 2.03. The Kier molecular flexibility index (Phi) is 4.35. The molecule has 0 spiro atoms. The maximum Gasteiger partial charge on any atom is 0.142 e. The van der Waals surface area contributed by atoms with Crippen LogP contribution < -0.4 is 20.9 Å². The van der Waals surface area contributed by atoms with Crippen molar-refractivity contribution in [1.82, 2.24) is 0 Å². The minimum atomic E-state index is 0.418. The molecule has 0 heterocycles. The average Bonchev–Trinajstić information content (AvgIpc) is 2.42. The molecule has 0 amide bonds. The Morgan fingerprint density at radius 2 is 1.15 bits per heavy atom. The Labute approximate surface area is 119 Å². The van der Waals surface area contributed by atoms with Crippen LogP contribution in [-0.2, 0) is 0 Å². The van der Waals surface area contributed by atoms with Gasteiger partial charge in [0.2, 0.25) is 0 Å². The molecule has 0 aromatic heterocycles. The Bertz CT molecular complexity index is 544. The van der Waals surface area contributed by atoms with Crippen molar-refractivity contribution in [3.8, 4) is 11.5 Å². The van der Waals surface area contributed by atoms with Crippen LogP contribution in [0.15, 0.2) is 36.4 Å². The molecule has 0 fully saturated rings. The summed E-state index contributed by atoms with van der Waals surface area (Å²) in [7, 11) is 0. The van der Waals surface area contributed by atoms with E-state index in [4.69, 9.17) is 20.9 Å². The highest BCUT2D eigenvalue weighted by molar-refractivity contribution is 5.54. The lowest BCUT2D eigenvalue weighted by Crippen LogP contribution is -2.11. The predicted octanol–water partition coefficient (Wildman–Crippen LogP) is 2.93. The molecule has 2 rings (SSSR count). The predicted molar refractivity (Wildman–Crippen MR) is 82.2 cm³/mol. The molecular formula is C16H20N2O2. The molecule has 20 heavy (non-hydrogen) atoms. The fourth-order valence-electron chi connectivity index (χ4n) is 1.84. The Morgan fingerprint density at radius 3 is 1.55 bits per heavy atom. The topological polar surface area (TPSA) is 70.5 Å². The summed E-state index contributed by atoms with van der Waals surface area (Å²) in [5, 5.41) is 0. The van der Waals surface area contributed by atoms with E-state index < -0.39 is 0 Å². The summed E-state index contributed by atoms with van der Waals surface area (Å²) in [6.07, 6.45) is 0. The molecule has 0 aliphatic rings. The Morgan fingerprint density at radius 1 is 0.750 bits per heavy atom.